The SMILES string of the molecule is O=C(NCc1ccc(N2CCCCC2)cc1)c1cn2c(n1)CSCC2. The Morgan fingerprint density at radius 2 is 1.92 bits per heavy atom. The molecule has 4 rings (SSSR count). The van der Waals surface area contributed by atoms with Crippen molar-refractivity contribution in [2.24, 2.45) is 0 Å². The summed E-state index contributed by atoms with van der Waals surface area (Å²) in [6.07, 6.45) is 5.79. The van der Waals surface area contributed by atoms with Crippen molar-refractivity contribution in [2.75, 3.05) is 23.7 Å². The van der Waals surface area contributed by atoms with Crippen LogP contribution in [0.3, 0.4) is 0 Å². The van der Waals surface area contributed by atoms with Gasteiger partial charge in [0.2, 0.25) is 0 Å². The van der Waals surface area contributed by atoms with E-state index in [2.05, 4.69) is 44.0 Å². The zero-order chi connectivity index (χ0) is 17.1. The average molecular weight is 356 g/mol. The fraction of sp³-hybridized carbons (Fsp3) is 0.474. The van der Waals surface area contributed by atoms with Gasteiger partial charge in [0.1, 0.15) is 11.5 Å². The summed E-state index contributed by atoms with van der Waals surface area (Å²) in [6, 6.07) is 8.55. The van der Waals surface area contributed by atoms with Crippen molar-refractivity contribution in [3.63, 3.8) is 0 Å². The molecule has 1 aromatic carbocycles. The molecular formula is C19H24N4OS. The van der Waals surface area contributed by atoms with Crippen molar-refractivity contribution >= 4 is 23.4 Å². The van der Waals surface area contributed by atoms with Crippen LogP contribution in [0, 0.1) is 0 Å². The second-order valence-corrected chi connectivity index (χ2v) is 7.79. The Bertz CT molecular complexity index is 711. The summed E-state index contributed by atoms with van der Waals surface area (Å²) in [7, 11) is 0. The fourth-order valence-electron chi connectivity index (χ4n) is 3.45. The standard InChI is InChI=1S/C19H24N4OS/c24-19(17-13-23-10-11-25-14-18(23)21-17)20-12-15-4-6-16(7-5-15)22-8-2-1-3-9-22/h4-7,13H,1-3,8-12,14H2,(H,20,24). The minimum absolute atomic E-state index is 0.0907. The molecule has 6 heteroatoms. The number of hydrogen-bond donors (Lipinski definition) is 1. The smallest absolute Gasteiger partial charge is 0.271 e. The number of nitrogens with one attached hydrogen (secondary N) is 1. The number of nitrogens with zero attached hydrogens (tertiary/aromatic N) is 3. The number of hydrogen-bond acceptors (Lipinski definition) is 4. The van der Waals surface area contributed by atoms with E-state index >= 15 is 0 Å². The van der Waals surface area contributed by atoms with Gasteiger partial charge in [-0.1, -0.05) is 12.1 Å². The van der Waals surface area contributed by atoms with Gasteiger partial charge in [0.25, 0.3) is 5.91 Å². The Hall–Kier alpha value is -1.95. The second kappa shape index (κ2) is 7.52. The molecule has 0 radical (unpaired) electrons. The highest BCUT2D eigenvalue weighted by Crippen LogP contribution is 2.21. The van der Waals surface area contributed by atoms with E-state index in [0.29, 0.717) is 12.2 Å². The maximum Gasteiger partial charge on any atom is 0.271 e. The molecule has 2 aromatic rings. The Labute approximate surface area is 152 Å². The lowest BCUT2D eigenvalue weighted by Gasteiger charge is -2.28. The van der Waals surface area contributed by atoms with E-state index in [1.807, 2.05) is 18.0 Å². The van der Waals surface area contributed by atoms with Crippen LogP contribution in [0.25, 0.3) is 0 Å². The maximum atomic E-state index is 12.3. The number of thioether (sulfide) groups is 1. The van der Waals surface area contributed by atoms with E-state index < -0.39 is 0 Å². The number of benzene rings is 1. The molecule has 1 fully saturated rings. The lowest BCUT2D eigenvalue weighted by Crippen LogP contribution is -2.29. The molecule has 2 aliphatic rings. The summed E-state index contributed by atoms with van der Waals surface area (Å²) in [5.74, 6) is 2.90. The Balaban J connectivity index is 1.34. The van der Waals surface area contributed by atoms with Crippen LogP contribution in [0.2, 0.25) is 0 Å². The van der Waals surface area contributed by atoms with Gasteiger partial charge >= 0.3 is 0 Å². The van der Waals surface area contributed by atoms with E-state index in [0.717, 1.165) is 42.5 Å². The van der Waals surface area contributed by atoms with Crippen molar-refractivity contribution in [3.05, 3.63) is 47.5 Å². The van der Waals surface area contributed by atoms with Gasteiger partial charge in [-0.2, -0.15) is 11.8 Å². The molecule has 1 amide bonds. The third kappa shape index (κ3) is 3.84. The molecule has 1 N–H and O–H groups in total. The largest absolute Gasteiger partial charge is 0.372 e. The zero-order valence-corrected chi connectivity index (χ0v) is 15.2. The van der Waals surface area contributed by atoms with Crippen LogP contribution < -0.4 is 10.2 Å². The highest BCUT2D eigenvalue weighted by Gasteiger charge is 2.17. The minimum atomic E-state index is -0.0907. The zero-order valence-electron chi connectivity index (χ0n) is 14.4. The van der Waals surface area contributed by atoms with E-state index in [-0.39, 0.29) is 5.91 Å². The molecule has 5 nitrogen and oxygen atoms in total. The third-order valence-corrected chi connectivity index (χ3v) is 5.84. The number of piperidine rings is 1. The summed E-state index contributed by atoms with van der Waals surface area (Å²) in [6.45, 7) is 3.78. The van der Waals surface area contributed by atoms with Crippen molar-refractivity contribution in [1.82, 2.24) is 14.9 Å². The first kappa shape index (κ1) is 16.5. The van der Waals surface area contributed by atoms with Crippen LogP contribution in [0.15, 0.2) is 30.5 Å². The van der Waals surface area contributed by atoms with Gasteiger partial charge in [-0.3, -0.25) is 4.79 Å². The topological polar surface area (TPSA) is 50.2 Å². The average Bonchev–Trinajstić information content (AvgIpc) is 3.11. The van der Waals surface area contributed by atoms with Crippen molar-refractivity contribution in [3.8, 4) is 0 Å². The monoisotopic (exact) mass is 356 g/mol. The molecule has 0 saturated carbocycles. The quantitative estimate of drug-likeness (QED) is 0.915. The van der Waals surface area contributed by atoms with Gasteiger partial charge in [0.05, 0.1) is 5.75 Å². The van der Waals surface area contributed by atoms with Gasteiger partial charge in [0.15, 0.2) is 0 Å². The number of aryl methyl sites for hydroxylation is 1. The maximum absolute atomic E-state index is 12.3. The van der Waals surface area contributed by atoms with Crippen LogP contribution in [0.5, 0.6) is 0 Å². The van der Waals surface area contributed by atoms with Gasteiger partial charge in [0, 0.05) is 43.8 Å². The number of aromatic nitrogens is 2. The normalized spacial score (nSPS) is 17.2. The van der Waals surface area contributed by atoms with Crippen molar-refractivity contribution in [1.29, 1.82) is 0 Å². The first-order chi connectivity index (χ1) is 12.3. The summed E-state index contributed by atoms with van der Waals surface area (Å²) >= 11 is 1.87. The van der Waals surface area contributed by atoms with Crippen LogP contribution in [0.4, 0.5) is 5.69 Å². The number of carbonyl (C=O) groups excluding carboxylic acids is 1. The van der Waals surface area contributed by atoms with Crippen molar-refractivity contribution in [2.45, 2.75) is 38.1 Å². The third-order valence-electron chi connectivity index (χ3n) is 4.91. The second-order valence-electron chi connectivity index (χ2n) is 6.69. The fourth-order valence-corrected chi connectivity index (χ4v) is 4.33. The lowest BCUT2D eigenvalue weighted by atomic mass is 10.1. The molecule has 0 aliphatic carbocycles. The summed E-state index contributed by atoms with van der Waals surface area (Å²) in [5.41, 5.74) is 2.94. The summed E-state index contributed by atoms with van der Waals surface area (Å²) in [4.78, 5) is 19.3. The minimum Gasteiger partial charge on any atom is -0.372 e. The molecule has 3 heterocycles. The first-order valence-corrected chi connectivity index (χ1v) is 10.2. The molecule has 1 aromatic heterocycles. The molecule has 0 bridgehead atoms. The van der Waals surface area contributed by atoms with Crippen molar-refractivity contribution < 1.29 is 4.79 Å². The number of amides is 1. The number of rotatable bonds is 4. The number of carbonyl (C=O) groups is 1. The highest BCUT2D eigenvalue weighted by atomic mass is 32.2. The molecule has 0 spiro atoms. The molecule has 25 heavy (non-hydrogen) atoms. The van der Waals surface area contributed by atoms with E-state index in [1.54, 1.807) is 0 Å². The van der Waals surface area contributed by atoms with Crippen LogP contribution >= 0.6 is 11.8 Å². The summed E-state index contributed by atoms with van der Waals surface area (Å²) < 4.78 is 2.10. The molecule has 0 unspecified atom stereocenters. The molecule has 132 valence electrons. The molecule has 0 atom stereocenters. The Morgan fingerprint density at radius 3 is 2.68 bits per heavy atom. The van der Waals surface area contributed by atoms with Gasteiger partial charge < -0.3 is 14.8 Å². The highest BCUT2D eigenvalue weighted by molar-refractivity contribution is 7.98. The van der Waals surface area contributed by atoms with Gasteiger partial charge in [-0.05, 0) is 37.0 Å². The van der Waals surface area contributed by atoms with E-state index in [4.69, 9.17) is 0 Å². The number of anilines is 1. The van der Waals surface area contributed by atoms with E-state index in [1.165, 1.54) is 24.9 Å². The van der Waals surface area contributed by atoms with E-state index in [9.17, 15) is 4.79 Å². The first-order valence-electron chi connectivity index (χ1n) is 9.05. The van der Waals surface area contributed by atoms with Gasteiger partial charge in [-0.25, -0.2) is 4.98 Å². The lowest BCUT2D eigenvalue weighted by molar-refractivity contribution is 0.0946. The van der Waals surface area contributed by atoms with Gasteiger partial charge in [-0.15, -0.1) is 0 Å². The predicted octanol–water partition coefficient (Wildman–Crippen LogP) is 3.05. The Kier molecular flexibility index (Phi) is 4.97. The predicted molar refractivity (Wildman–Crippen MR) is 102 cm³/mol. The summed E-state index contributed by atoms with van der Waals surface area (Å²) in [5, 5.41) is 2.99. The number of fused-ring (bicyclic) bond motifs is 1. The van der Waals surface area contributed by atoms with Crippen LogP contribution in [-0.2, 0) is 18.8 Å². The number of imidazole rings is 1. The Morgan fingerprint density at radius 1 is 1.12 bits per heavy atom. The van der Waals surface area contributed by atoms with Crippen LogP contribution in [-0.4, -0.2) is 34.3 Å². The van der Waals surface area contributed by atoms with Crippen LogP contribution in [0.1, 0.15) is 41.1 Å². The molecule has 2 aliphatic heterocycles. The molecule has 1 saturated heterocycles. The molecular weight excluding hydrogens is 332 g/mol.